The first-order valence-corrected chi connectivity index (χ1v) is 7.32. The Morgan fingerprint density at radius 3 is 2.53 bits per heavy atom. The third-order valence-corrected chi connectivity index (χ3v) is 4.84. The molecule has 19 heavy (non-hydrogen) atoms. The molecule has 2 rings (SSSR count). The molecule has 1 heterocycles. The molecule has 0 aromatic carbocycles. The number of carboxylic acid groups (broad SMARTS) is 1. The van der Waals surface area contributed by atoms with E-state index in [0.717, 1.165) is 38.8 Å². The number of rotatable bonds is 4. The lowest BCUT2D eigenvalue weighted by molar-refractivity contribution is -0.141. The molecule has 3 N–H and O–H groups in total. The third-order valence-electron chi connectivity index (χ3n) is 4.84. The Morgan fingerprint density at radius 2 is 2.00 bits per heavy atom. The molecule has 1 saturated heterocycles. The second kappa shape index (κ2) is 5.90. The van der Waals surface area contributed by atoms with Crippen LogP contribution < -0.4 is 10.6 Å². The number of amides is 1. The van der Waals surface area contributed by atoms with E-state index in [0.29, 0.717) is 12.8 Å². The van der Waals surface area contributed by atoms with E-state index in [9.17, 15) is 9.59 Å². The second-order valence-corrected chi connectivity index (χ2v) is 5.90. The number of aliphatic carboxylic acids is 1. The Kier molecular flexibility index (Phi) is 4.45. The molecule has 0 radical (unpaired) electrons. The van der Waals surface area contributed by atoms with Crippen molar-refractivity contribution in [1.29, 1.82) is 0 Å². The van der Waals surface area contributed by atoms with E-state index in [2.05, 4.69) is 17.6 Å². The number of hydrogen-bond acceptors (Lipinski definition) is 3. The van der Waals surface area contributed by atoms with Gasteiger partial charge in [-0.3, -0.25) is 9.59 Å². The quantitative estimate of drug-likeness (QED) is 0.714. The van der Waals surface area contributed by atoms with Crippen LogP contribution in [0.1, 0.15) is 45.4 Å². The van der Waals surface area contributed by atoms with E-state index >= 15 is 0 Å². The highest BCUT2D eigenvalue weighted by atomic mass is 16.4. The average molecular weight is 268 g/mol. The Hall–Kier alpha value is -1.10. The third kappa shape index (κ3) is 3.08. The van der Waals surface area contributed by atoms with Crippen LogP contribution in [0.5, 0.6) is 0 Å². The van der Waals surface area contributed by atoms with Crippen LogP contribution in [-0.2, 0) is 9.59 Å². The minimum Gasteiger partial charge on any atom is -0.481 e. The highest BCUT2D eigenvalue weighted by Gasteiger charge is 2.40. The fourth-order valence-electron chi connectivity index (χ4n) is 3.32. The molecule has 2 aliphatic rings. The fraction of sp³-hybridized carbons (Fsp3) is 0.857. The number of nitrogens with one attached hydrogen (secondary N) is 2. The molecule has 1 aliphatic heterocycles. The van der Waals surface area contributed by atoms with Gasteiger partial charge in [0.05, 0.1) is 11.3 Å². The van der Waals surface area contributed by atoms with E-state index in [1.807, 2.05) is 0 Å². The monoisotopic (exact) mass is 268 g/mol. The molecule has 2 atom stereocenters. The largest absolute Gasteiger partial charge is 0.481 e. The summed E-state index contributed by atoms with van der Waals surface area (Å²) in [4.78, 5) is 23.4. The van der Waals surface area contributed by atoms with Gasteiger partial charge in [-0.05, 0) is 51.6 Å². The first-order valence-electron chi connectivity index (χ1n) is 7.32. The minimum absolute atomic E-state index is 0.0481. The lowest BCUT2D eigenvalue weighted by atomic mass is 9.75. The topological polar surface area (TPSA) is 78.4 Å². The SMILES string of the molecule is CCC1(C(=O)N[C@H]2CC[C@@H](C(=O)O)C2)CCNCC1. The van der Waals surface area contributed by atoms with Crippen molar-refractivity contribution in [3.8, 4) is 0 Å². The van der Waals surface area contributed by atoms with Crippen LogP contribution >= 0.6 is 0 Å². The maximum atomic E-state index is 12.5. The molecule has 0 spiro atoms. The molecule has 5 nitrogen and oxygen atoms in total. The zero-order valence-corrected chi connectivity index (χ0v) is 11.6. The number of carboxylic acids is 1. The molecular formula is C14H24N2O3. The minimum atomic E-state index is -0.733. The van der Waals surface area contributed by atoms with Gasteiger partial charge in [0, 0.05) is 6.04 Å². The summed E-state index contributed by atoms with van der Waals surface area (Å²) in [5, 5.41) is 15.4. The summed E-state index contributed by atoms with van der Waals surface area (Å²) < 4.78 is 0. The first kappa shape index (κ1) is 14.3. The van der Waals surface area contributed by atoms with Gasteiger partial charge < -0.3 is 15.7 Å². The summed E-state index contributed by atoms with van der Waals surface area (Å²) in [5.41, 5.74) is -0.243. The summed E-state index contributed by atoms with van der Waals surface area (Å²) in [6.07, 6.45) is 4.67. The molecule has 2 fully saturated rings. The van der Waals surface area contributed by atoms with Gasteiger partial charge in [0.15, 0.2) is 0 Å². The highest BCUT2D eigenvalue weighted by molar-refractivity contribution is 5.83. The van der Waals surface area contributed by atoms with Crippen LogP contribution in [0, 0.1) is 11.3 Å². The lowest BCUT2D eigenvalue weighted by Crippen LogP contribution is -2.49. The van der Waals surface area contributed by atoms with Gasteiger partial charge in [-0.1, -0.05) is 6.92 Å². The zero-order valence-electron chi connectivity index (χ0n) is 11.6. The van der Waals surface area contributed by atoms with E-state index in [1.165, 1.54) is 0 Å². The summed E-state index contributed by atoms with van der Waals surface area (Å²) >= 11 is 0. The fourth-order valence-corrected chi connectivity index (χ4v) is 3.32. The molecular weight excluding hydrogens is 244 g/mol. The number of carbonyl (C=O) groups excluding carboxylic acids is 1. The van der Waals surface area contributed by atoms with Crippen molar-refractivity contribution in [2.24, 2.45) is 11.3 Å². The maximum Gasteiger partial charge on any atom is 0.306 e. The van der Waals surface area contributed by atoms with Crippen LogP contribution in [0.2, 0.25) is 0 Å². The summed E-state index contributed by atoms with van der Waals surface area (Å²) in [5.74, 6) is -0.882. The van der Waals surface area contributed by atoms with Crippen LogP contribution in [-0.4, -0.2) is 36.1 Å². The Labute approximate surface area is 114 Å². The van der Waals surface area contributed by atoms with Gasteiger partial charge in [0.25, 0.3) is 0 Å². The van der Waals surface area contributed by atoms with Crippen LogP contribution in [0.15, 0.2) is 0 Å². The second-order valence-electron chi connectivity index (χ2n) is 5.90. The Bertz CT molecular complexity index is 351. The average Bonchev–Trinajstić information content (AvgIpc) is 2.88. The van der Waals surface area contributed by atoms with E-state index < -0.39 is 5.97 Å². The summed E-state index contributed by atoms with van der Waals surface area (Å²) in [7, 11) is 0. The molecule has 1 saturated carbocycles. The van der Waals surface area contributed by atoms with Gasteiger partial charge in [-0.15, -0.1) is 0 Å². The summed E-state index contributed by atoms with van der Waals surface area (Å²) in [6, 6.07) is 0.0481. The lowest BCUT2D eigenvalue weighted by Gasteiger charge is -2.36. The van der Waals surface area contributed by atoms with Crippen molar-refractivity contribution in [2.75, 3.05) is 13.1 Å². The van der Waals surface area contributed by atoms with E-state index in [-0.39, 0.29) is 23.3 Å². The number of piperidine rings is 1. The normalized spacial score (nSPS) is 29.9. The Morgan fingerprint density at radius 1 is 1.32 bits per heavy atom. The smallest absolute Gasteiger partial charge is 0.306 e. The molecule has 1 amide bonds. The molecule has 0 unspecified atom stereocenters. The van der Waals surface area contributed by atoms with Gasteiger partial charge in [-0.2, -0.15) is 0 Å². The maximum absolute atomic E-state index is 12.5. The molecule has 0 aromatic heterocycles. The van der Waals surface area contributed by atoms with Crippen LogP contribution in [0.3, 0.4) is 0 Å². The van der Waals surface area contributed by atoms with Gasteiger partial charge in [0.2, 0.25) is 5.91 Å². The highest BCUT2D eigenvalue weighted by Crippen LogP contribution is 2.34. The summed E-state index contributed by atoms with van der Waals surface area (Å²) in [6.45, 7) is 3.85. The van der Waals surface area contributed by atoms with Gasteiger partial charge in [0.1, 0.15) is 0 Å². The molecule has 0 bridgehead atoms. The predicted molar refractivity (Wildman–Crippen MR) is 71.7 cm³/mol. The van der Waals surface area contributed by atoms with Crippen LogP contribution in [0.25, 0.3) is 0 Å². The molecule has 0 aromatic rings. The number of carbonyl (C=O) groups is 2. The van der Waals surface area contributed by atoms with Gasteiger partial charge >= 0.3 is 5.97 Å². The van der Waals surface area contributed by atoms with E-state index in [4.69, 9.17) is 5.11 Å². The van der Waals surface area contributed by atoms with Crippen molar-refractivity contribution >= 4 is 11.9 Å². The molecule has 108 valence electrons. The number of hydrogen-bond donors (Lipinski definition) is 3. The van der Waals surface area contributed by atoms with Crippen molar-refractivity contribution in [2.45, 2.75) is 51.5 Å². The van der Waals surface area contributed by atoms with Crippen molar-refractivity contribution < 1.29 is 14.7 Å². The molecule has 5 heteroatoms. The Balaban J connectivity index is 1.91. The van der Waals surface area contributed by atoms with Crippen molar-refractivity contribution in [3.63, 3.8) is 0 Å². The first-order chi connectivity index (χ1) is 9.07. The van der Waals surface area contributed by atoms with E-state index in [1.54, 1.807) is 0 Å². The zero-order chi connectivity index (χ0) is 13.9. The standard InChI is InChI=1S/C14H24N2O3/c1-2-14(5-7-15-8-6-14)13(19)16-11-4-3-10(9-11)12(17)18/h10-11,15H,2-9H2,1H3,(H,16,19)(H,17,18)/t10-,11+/m1/s1. The molecule has 1 aliphatic carbocycles. The van der Waals surface area contributed by atoms with Crippen LogP contribution in [0.4, 0.5) is 0 Å². The van der Waals surface area contributed by atoms with Crippen molar-refractivity contribution in [3.05, 3.63) is 0 Å². The predicted octanol–water partition coefficient (Wildman–Crippen LogP) is 1.14. The van der Waals surface area contributed by atoms with Gasteiger partial charge in [-0.25, -0.2) is 0 Å². The van der Waals surface area contributed by atoms with Crippen molar-refractivity contribution in [1.82, 2.24) is 10.6 Å².